The van der Waals surface area contributed by atoms with E-state index in [4.69, 9.17) is 9.79 Å². The monoisotopic (exact) mass is 270 g/mol. The number of hydrogen-bond donors (Lipinski definition) is 2. The lowest BCUT2D eigenvalue weighted by Gasteiger charge is -2.23. The summed E-state index contributed by atoms with van der Waals surface area (Å²) in [5, 5.41) is 0. The smallest absolute Gasteiger partial charge is 0.466 e. The molecular formula is C9H21NO6P+. The van der Waals surface area contributed by atoms with Gasteiger partial charge in [-0.25, -0.2) is 9.36 Å². The minimum absolute atomic E-state index is 0.0772. The Morgan fingerprint density at radius 1 is 1.41 bits per heavy atom. The third-order valence-electron chi connectivity index (χ3n) is 1.39. The Balaban J connectivity index is 0. The predicted octanol–water partition coefficient (Wildman–Crippen LogP) is 0.147. The first-order chi connectivity index (χ1) is 7.52. The van der Waals surface area contributed by atoms with Crippen molar-refractivity contribution in [3.8, 4) is 0 Å². The Bertz CT molecular complexity index is 280. The zero-order valence-electron chi connectivity index (χ0n) is 10.6. The molecule has 0 saturated carbocycles. The summed E-state index contributed by atoms with van der Waals surface area (Å²) in [4.78, 5) is 26.4. The third kappa shape index (κ3) is 21.2. The number of methoxy groups -OCH3 is 1. The molecular weight excluding hydrogens is 249 g/mol. The summed E-state index contributed by atoms with van der Waals surface area (Å²) in [6.45, 7) is 3.81. The largest absolute Gasteiger partial charge is 0.469 e. The van der Waals surface area contributed by atoms with Crippen LogP contribution in [0.3, 0.4) is 0 Å². The van der Waals surface area contributed by atoms with Crippen LogP contribution in [0.2, 0.25) is 0 Å². The van der Waals surface area contributed by atoms with E-state index >= 15 is 0 Å². The number of carbonyl (C=O) groups excluding carboxylic acids is 1. The molecule has 0 saturated heterocycles. The van der Waals surface area contributed by atoms with Crippen molar-refractivity contribution < 1.29 is 32.9 Å². The molecule has 102 valence electrons. The van der Waals surface area contributed by atoms with Crippen LogP contribution in [0.5, 0.6) is 0 Å². The molecule has 0 fully saturated rings. The average Bonchev–Trinajstić information content (AvgIpc) is 2.13. The highest BCUT2D eigenvalue weighted by atomic mass is 31.2. The number of nitrogens with zero attached hydrogens (tertiary/aromatic N) is 1. The second kappa shape index (κ2) is 8.38. The van der Waals surface area contributed by atoms with E-state index in [0.29, 0.717) is 11.0 Å². The number of rotatable bonds is 5. The first kappa shape index (κ1) is 18.6. The van der Waals surface area contributed by atoms with E-state index in [1.54, 1.807) is 0 Å². The molecule has 0 aliphatic rings. The van der Waals surface area contributed by atoms with Crippen molar-refractivity contribution in [2.75, 3.05) is 41.4 Å². The minimum Gasteiger partial charge on any atom is -0.466 e. The van der Waals surface area contributed by atoms with Crippen LogP contribution in [0.4, 0.5) is 0 Å². The summed E-state index contributed by atoms with van der Waals surface area (Å²) >= 11 is 0. The van der Waals surface area contributed by atoms with Crippen LogP contribution in [0.25, 0.3) is 0 Å². The Labute approximate surface area is 101 Å². The summed E-state index contributed by atoms with van der Waals surface area (Å²) in [5.41, 5.74) is 0. The Morgan fingerprint density at radius 2 is 1.88 bits per heavy atom. The fourth-order valence-electron chi connectivity index (χ4n) is 0.517. The SMILES string of the molecule is C=CC(=O)OC.C[N+](C)(C)CCOP(=O)(O)O. The Hall–Kier alpha value is -0.720. The van der Waals surface area contributed by atoms with Crippen LogP contribution in [-0.4, -0.2) is 61.6 Å². The maximum Gasteiger partial charge on any atom is 0.469 e. The first-order valence-electron chi connectivity index (χ1n) is 4.73. The zero-order valence-corrected chi connectivity index (χ0v) is 11.5. The quantitative estimate of drug-likeness (QED) is 0.319. The summed E-state index contributed by atoms with van der Waals surface area (Å²) < 4.78 is 19.2. The van der Waals surface area contributed by atoms with Gasteiger partial charge in [0.25, 0.3) is 0 Å². The second-order valence-corrected chi connectivity index (χ2v) is 5.30. The zero-order chi connectivity index (χ0) is 14.1. The van der Waals surface area contributed by atoms with Gasteiger partial charge in [-0.1, -0.05) is 6.58 Å². The molecule has 0 rings (SSSR count). The normalized spacial score (nSPS) is 11.2. The lowest BCUT2D eigenvalue weighted by atomic mass is 10.5. The fourth-order valence-corrected chi connectivity index (χ4v) is 0.836. The standard InChI is InChI=1S/C5H14NO4P.C4H6O2/c1-6(2,3)4-5-10-11(7,8)9;1-3-4(5)6-2/h4-5H2,1-3H3,(H-,7,8,9);3H,1H2,2H3/p+1. The van der Waals surface area contributed by atoms with Crippen LogP contribution in [0.1, 0.15) is 0 Å². The number of quaternary nitrogens is 1. The van der Waals surface area contributed by atoms with E-state index in [9.17, 15) is 9.36 Å². The van der Waals surface area contributed by atoms with E-state index in [1.165, 1.54) is 7.11 Å². The van der Waals surface area contributed by atoms with Gasteiger partial charge in [-0.15, -0.1) is 0 Å². The van der Waals surface area contributed by atoms with Crippen molar-refractivity contribution in [1.29, 1.82) is 0 Å². The summed E-state index contributed by atoms with van der Waals surface area (Å²) in [6.07, 6.45) is 1.11. The molecule has 0 aromatic rings. The predicted molar refractivity (Wildman–Crippen MR) is 63.1 cm³/mol. The van der Waals surface area contributed by atoms with Gasteiger partial charge in [0.15, 0.2) is 0 Å². The van der Waals surface area contributed by atoms with Gasteiger partial charge in [0.1, 0.15) is 13.2 Å². The van der Waals surface area contributed by atoms with Crippen LogP contribution < -0.4 is 0 Å². The van der Waals surface area contributed by atoms with Gasteiger partial charge < -0.3 is 19.0 Å². The fraction of sp³-hybridized carbons (Fsp3) is 0.667. The molecule has 0 spiro atoms. The van der Waals surface area contributed by atoms with Crippen molar-refractivity contribution in [3.05, 3.63) is 12.7 Å². The molecule has 0 atom stereocenters. The number of ether oxygens (including phenoxy) is 1. The molecule has 0 bridgehead atoms. The number of phosphoric acid groups is 1. The number of likely N-dealkylation sites (N-methyl/N-ethyl adjacent to an activating group) is 1. The lowest BCUT2D eigenvalue weighted by Crippen LogP contribution is -2.37. The van der Waals surface area contributed by atoms with Gasteiger partial charge >= 0.3 is 13.8 Å². The molecule has 0 aliphatic carbocycles. The number of carbonyl (C=O) groups is 1. The van der Waals surface area contributed by atoms with Gasteiger partial charge in [0.2, 0.25) is 0 Å². The van der Waals surface area contributed by atoms with E-state index in [1.807, 2.05) is 21.1 Å². The molecule has 0 heterocycles. The Kier molecular flexibility index (Phi) is 9.19. The van der Waals surface area contributed by atoms with Crippen molar-refractivity contribution >= 4 is 13.8 Å². The van der Waals surface area contributed by atoms with Crippen molar-refractivity contribution in [3.63, 3.8) is 0 Å². The molecule has 0 radical (unpaired) electrons. The van der Waals surface area contributed by atoms with Gasteiger partial charge in [-0.2, -0.15) is 0 Å². The number of phosphoric ester groups is 1. The average molecular weight is 270 g/mol. The van der Waals surface area contributed by atoms with Crippen molar-refractivity contribution in [2.24, 2.45) is 0 Å². The minimum atomic E-state index is -4.26. The van der Waals surface area contributed by atoms with Gasteiger partial charge in [-0.05, 0) is 0 Å². The molecule has 2 N–H and O–H groups in total. The molecule has 0 amide bonds. The highest BCUT2D eigenvalue weighted by Gasteiger charge is 2.15. The van der Waals surface area contributed by atoms with Crippen LogP contribution in [0, 0.1) is 0 Å². The van der Waals surface area contributed by atoms with Gasteiger partial charge in [-0.3, -0.25) is 4.52 Å². The Morgan fingerprint density at radius 3 is 2.06 bits per heavy atom. The molecule has 0 unspecified atom stereocenters. The molecule has 0 aliphatic heterocycles. The topological polar surface area (TPSA) is 93.1 Å². The van der Waals surface area contributed by atoms with Gasteiger partial charge in [0.05, 0.1) is 28.3 Å². The summed E-state index contributed by atoms with van der Waals surface area (Å²) in [5.74, 6) is -0.394. The molecule has 0 aromatic carbocycles. The van der Waals surface area contributed by atoms with Crippen molar-refractivity contribution in [2.45, 2.75) is 0 Å². The maximum absolute atomic E-state index is 10.2. The van der Waals surface area contributed by atoms with Gasteiger partial charge in [0, 0.05) is 6.08 Å². The van der Waals surface area contributed by atoms with Crippen LogP contribution in [0.15, 0.2) is 12.7 Å². The van der Waals surface area contributed by atoms with E-state index in [-0.39, 0.29) is 6.61 Å². The molecule has 7 nitrogen and oxygen atoms in total. The second-order valence-electron chi connectivity index (χ2n) is 4.07. The van der Waals surface area contributed by atoms with Crippen LogP contribution >= 0.6 is 7.82 Å². The lowest BCUT2D eigenvalue weighted by molar-refractivity contribution is -0.870. The highest BCUT2D eigenvalue weighted by Crippen LogP contribution is 2.35. The number of esters is 1. The summed E-state index contributed by atoms with van der Waals surface area (Å²) in [7, 11) is 2.81. The summed E-state index contributed by atoms with van der Waals surface area (Å²) in [6, 6.07) is 0. The van der Waals surface area contributed by atoms with Crippen LogP contribution in [-0.2, 0) is 18.6 Å². The molecule has 17 heavy (non-hydrogen) atoms. The maximum atomic E-state index is 10.2. The van der Waals surface area contributed by atoms with E-state index in [0.717, 1.165) is 6.08 Å². The highest BCUT2D eigenvalue weighted by molar-refractivity contribution is 7.46. The molecule has 0 aromatic heterocycles. The van der Waals surface area contributed by atoms with E-state index < -0.39 is 13.8 Å². The number of hydrogen-bond acceptors (Lipinski definition) is 4. The van der Waals surface area contributed by atoms with Crippen molar-refractivity contribution in [1.82, 2.24) is 0 Å². The van der Waals surface area contributed by atoms with E-state index in [2.05, 4.69) is 15.8 Å². The third-order valence-corrected chi connectivity index (χ3v) is 1.91. The first-order valence-corrected chi connectivity index (χ1v) is 6.26. The molecule has 8 heteroatoms.